The topological polar surface area (TPSA) is 104 Å². The van der Waals surface area contributed by atoms with E-state index in [4.69, 9.17) is 28.0 Å². The van der Waals surface area contributed by atoms with Gasteiger partial charge in [0.15, 0.2) is 0 Å². The molecule has 12 aromatic rings. The van der Waals surface area contributed by atoms with Gasteiger partial charge < -0.3 is 28.8 Å². The van der Waals surface area contributed by atoms with Crippen LogP contribution in [0.4, 0.5) is 0 Å². The number of aromatic nitrogens is 6. The summed E-state index contributed by atoms with van der Waals surface area (Å²) in [4.78, 5) is 26.0. The molecule has 0 amide bonds. The number of furan rings is 2. The number of pyridine rings is 6. The Morgan fingerprint density at radius 1 is 0.442 bits per heavy atom. The van der Waals surface area contributed by atoms with Gasteiger partial charge >= 0.3 is 0 Å². The number of benzene rings is 4. The zero-order valence-corrected chi connectivity index (χ0v) is 47.9. The first-order valence-corrected chi connectivity index (χ1v) is 24.0. The monoisotopic (exact) mass is 1380 g/mol. The Morgan fingerprint density at radius 3 is 1.36 bits per heavy atom. The van der Waals surface area contributed by atoms with E-state index in [1.807, 2.05) is 92.7 Å². The zero-order valence-electron chi connectivity index (χ0n) is 57.1. The van der Waals surface area contributed by atoms with E-state index in [1.54, 1.807) is 55.5 Å². The van der Waals surface area contributed by atoms with E-state index < -0.39 is 39.2 Å². The standard InChI is InChI=1S/2C21H19N2O.C13H12N.C12H10N.2Ir/c2*1-4-14-11-19(22-12-15(14)5-2)18-8-6-7-16-17-10-9-13(3)23-21(17)24-20(16)18;1-10-8-13(14-9-11(10)2)12-6-4-3-5-7-12;1-10-7-8-12(13-9-10)11-5-3-2-4-6-11;;/h2*6-7,9-12H,4-5H2,1-3H3;3-6,8-9H,1-2H3;2-5,7-9H,1H3;;/q4*-1;;/i2*4D2,5D2;2D3;1D3;;. The van der Waals surface area contributed by atoms with Crippen LogP contribution in [-0.4, -0.2) is 29.9 Å². The van der Waals surface area contributed by atoms with Crippen molar-refractivity contribution in [3.63, 3.8) is 0 Å². The average molecular weight is 1380 g/mol. The number of rotatable bonds is 8. The van der Waals surface area contributed by atoms with Gasteiger partial charge in [0.2, 0.25) is 11.4 Å². The molecule has 0 unspecified atom stereocenters. The summed E-state index contributed by atoms with van der Waals surface area (Å²) in [5.41, 5.74) is 11.6. The predicted molar refractivity (Wildman–Crippen MR) is 305 cm³/mol. The first-order chi connectivity index (χ1) is 41.7. The summed E-state index contributed by atoms with van der Waals surface area (Å²) in [5, 5.41) is 3.55. The quantitative estimate of drug-likeness (QED) is 0.139. The minimum Gasteiger partial charge on any atom is -0.486 e. The average Bonchev–Trinajstić information content (AvgIpc) is 1.73. The Morgan fingerprint density at radius 2 is 0.935 bits per heavy atom. The summed E-state index contributed by atoms with van der Waals surface area (Å²) in [6, 6.07) is 50.7. The summed E-state index contributed by atoms with van der Waals surface area (Å²) in [6.45, 7) is 7.03. The SMILES string of the molecule is [2H]C([2H])(C)c1cnc(-c2[c-]ccc3c2oc2nc(C)ccc23)cc1C([2H])([2H])C.[2H]C([2H])(C)c1cnc(-c2[c-]ccc3c2oc2nc(C)ccc23)cc1C([2H])([2H])C.[2H]C([2H])([2H])c1ccc(-c2[c-]cccc2)nc1.[2H]C([2H])([2H])c1cnc(-c2[c-]cccc2)cc1C.[Ir].[Ir]. The molecule has 0 aliphatic carbocycles. The van der Waals surface area contributed by atoms with E-state index in [2.05, 4.69) is 54.2 Å². The van der Waals surface area contributed by atoms with Crippen molar-refractivity contribution >= 4 is 44.1 Å². The van der Waals surface area contributed by atoms with Crippen molar-refractivity contribution in [3.05, 3.63) is 227 Å². The number of hydrogen-bond donors (Lipinski definition) is 0. The smallest absolute Gasteiger partial charge is 0.216 e. The minimum atomic E-state index is -2.10. The molecule has 0 atom stereocenters. The van der Waals surface area contributed by atoms with E-state index >= 15 is 0 Å². The van der Waals surface area contributed by atoms with Gasteiger partial charge in [-0.2, -0.15) is 0 Å². The first-order valence-electron chi connectivity index (χ1n) is 31.0. The van der Waals surface area contributed by atoms with Crippen LogP contribution < -0.4 is 0 Å². The van der Waals surface area contributed by atoms with Crippen LogP contribution in [0.15, 0.2) is 161 Å². The second-order valence-electron chi connectivity index (χ2n) is 17.1. The van der Waals surface area contributed by atoms with Crippen molar-refractivity contribution in [3.8, 4) is 45.0 Å². The molecule has 0 fully saturated rings. The fourth-order valence-electron chi connectivity index (χ4n) is 8.17. The molecule has 2 radical (unpaired) electrons. The maximum Gasteiger partial charge on any atom is 0.216 e. The van der Waals surface area contributed by atoms with Gasteiger partial charge in [-0.15, -0.1) is 108 Å². The van der Waals surface area contributed by atoms with E-state index in [-0.39, 0.29) is 68.0 Å². The van der Waals surface area contributed by atoms with Gasteiger partial charge in [0, 0.05) is 106 Å². The fraction of sp³-hybridized carbons (Fsp3) is 0.194. The minimum absolute atomic E-state index is 0. The normalized spacial score (nSPS) is 14.4. The third kappa shape index (κ3) is 13.3. The van der Waals surface area contributed by atoms with Gasteiger partial charge in [0.05, 0.1) is 11.2 Å². The van der Waals surface area contributed by atoms with Crippen LogP contribution >= 0.6 is 0 Å². The molecule has 0 N–H and O–H groups in total. The predicted octanol–water partition coefficient (Wildman–Crippen LogP) is 16.6. The maximum absolute atomic E-state index is 8.16. The summed E-state index contributed by atoms with van der Waals surface area (Å²) in [5.74, 6) is 0. The number of aryl methyl sites for hydroxylation is 9. The Hall–Kier alpha value is -7.32. The first kappa shape index (κ1) is 40.9. The number of fused-ring (bicyclic) bond motifs is 6. The van der Waals surface area contributed by atoms with Crippen molar-refractivity contribution in [1.82, 2.24) is 29.9 Å². The van der Waals surface area contributed by atoms with E-state index in [1.165, 1.54) is 52.5 Å². The van der Waals surface area contributed by atoms with Gasteiger partial charge in [0.25, 0.3) is 0 Å². The van der Waals surface area contributed by atoms with Gasteiger partial charge in [-0.3, -0.25) is 0 Å². The van der Waals surface area contributed by atoms with Gasteiger partial charge in [-0.25, -0.2) is 9.97 Å². The van der Waals surface area contributed by atoms with Crippen molar-refractivity contribution < 1.29 is 68.2 Å². The molecular formula is C67H60Ir2N6O2-4. The second kappa shape index (κ2) is 26.6. The van der Waals surface area contributed by atoms with Gasteiger partial charge in [-0.05, 0) is 129 Å². The summed E-state index contributed by atoms with van der Waals surface area (Å²) in [7, 11) is 0. The maximum atomic E-state index is 8.16. The third-order valence-electron chi connectivity index (χ3n) is 12.1. The van der Waals surface area contributed by atoms with Crippen molar-refractivity contribution in [2.24, 2.45) is 0 Å². The number of nitrogens with zero attached hydrogens (tertiary/aromatic N) is 6. The molecule has 0 spiro atoms. The molecular weight excluding hydrogens is 1310 g/mol. The molecule has 0 bridgehead atoms. The van der Waals surface area contributed by atoms with E-state index in [0.717, 1.165) is 61.0 Å². The van der Waals surface area contributed by atoms with Crippen LogP contribution in [-0.2, 0) is 65.7 Å². The largest absolute Gasteiger partial charge is 0.486 e. The molecule has 392 valence electrons. The van der Waals surface area contributed by atoms with Crippen molar-refractivity contribution in [2.45, 2.75) is 87.7 Å². The molecule has 12 rings (SSSR count). The second-order valence-corrected chi connectivity index (χ2v) is 17.1. The molecule has 0 saturated heterocycles. The summed E-state index contributed by atoms with van der Waals surface area (Å²) >= 11 is 0. The third-order valence-corrected chi connectivity index (χ3v) is 12.1. The Labute approximate surface area is 499 Å². The Balaban J connectivity index is 0.000000176. The van der Waals surface area contributed by atoms with E-state index in [0.29, 0.717) is 50.7 Å². The summed E-state index contributed by atoms with van der Waals surface area (Å²) < 4.78 is 121. The van der Waals surface area contributed by atoms with Crippen LogP contribution in [0.3, 0.4) is 0 Å². The van der Waals surface area contributed by atoms with Crippen LogP contribution in [0.1, 0.15) is 97.2 Å². The van der Waals surface area contributed by atoms with Gasteiger partial charge in [-0.1, -0.05) is 96.6 Å². The van der Waals surface area contributed by atoms with Crippen molar-refractivity contribution in [1.29, 1.82) is 0 Å². The van der Waals surface area contributed by atoms with Crippen LogP contribution in [0.5, 0.6) is 0 Å². The molecule has 77 heavy (non-hydrogen) atoms. The van der Waals surface area contributed by atoms with Gasteiger partial charge in [0.1, 0.15) is 0 Å². The molecule has 0 aliphatic rings. The molecule has 8 nitrogen and oxygen atoms in total. The molecule has 8 heterocycles. The zero-order chi connectivity index (χ0) is 64.6. The molecule has 0 aliphatic heterocycles. The molecule has 0 saturated carbocycles. The Bertz CT molecular complexity index is 4310. The molecule has 8 aromatic heterocycles. The number of hydrogen-bond acceptors (Lipinski definition) is 8. The van der Waals surface area contributed by atoms with Crippen LogP contribution in [0, 0.1) is 58.7 Å². The summed E-state index contributed by atoms with van der Waals surface area (Å²) in [6.07, 6.45) is -1.23. The molecule has 4 aromatic carbocycles. The van der Waals surface area contributed by atoms with Crippen molar-refractivity contribution in [2.75, 3.05) is 0 Å². The fourth-order valence-corrected chi connectivity index (χ4v) is 8.17. The van der Waals surface area contributed by atoms with Crippen LogP contribution in [0.25, 0.3) is 89.2 Å². The van der Waals surface area contributed by atoms with Crippen LogP contribution in [0.2, 0.25) is 0 Å². The Kier molecular flexibility index (Phi) is 14.1. The van der Waals surface area contributed by atoms with E-state index in [9.17, 15) is 0 Å². The molecule has 10 heteroatoms.